The van der Waals surface area contributed by atoms with E-state index < -0.39 is 4.92 Å². The van der Waals surface area contributed by atoms with Gasteiger partial charge in [-0.25, -0.2) is 4.98 Å². The Labute approximate surface area is 148 Å². The highest BCUT2D eigenvalue weighted by atomic mass is 16.7. The van der Waals surface area contributed by atoms with Crippen LogP contribution in [0.3, 0.4) is 0 Å². The lowest BCUT2D eigenvalue weighted by molar-refractivity contribution is -0.384. The molecule has 1 aromatic heterocycles. The van der Waals surface area contributed by atoms with Gasteiger partial charge in [0.05, 0.1) is 4.92 Å². The molecule has 1 fully saturated rings. The lowest BCUT2D eigenvalue weighted by Gasteiger charge is -2.35. The molecular formula is C17H16N4O5. The zero-order chi connectivity index (χ0) is 18.1. The van der Waals surface area contributed by atoms with E-state index in [9.17, 15) is 14.9 Å². The van der Waals surface area contributed by atoms with Crippen LogP contribution in [0.5, 0.6) is 11.5 Å². The van der Waals surface area contributed by atoms with Crippen LogP contribution in [0.15, 0.2) is 36.5 Å². The fourth-order valence-corrected chi connectivity index (χ4v) is 3.11. The average Bonchev–Trinajstić information content (AvgIpc) is 3.15. The van der Waals surface area contributed by atoms with Gasteiger partial charge in [0.25, 0.3) is 5.91 Å². The number of carbonyl (C=O) groups is 1. The van der Waals surface area contributed by atoms with E-state index in [1.54, 1.807) is 29.2 Å². The minimum Gasteiger partial charge on any atom is -0.454 e. The highest BCUT2D eigenvalue weighted by molar-refractivity contribution is 5.95. The molecule has 2 aliphatic heterocycles. The van der Waals surface area contributed by atoms with E-state index in [-0.39, 0.29) is 18.4 Å². The van der Waals surface area contributed by atoms with Gasteiger partial charge < -0.3 is 19.3 Å². The molecule has 0 bridgehead atoms. The predicted octanol–water partition coefficient (Wildman–Crippen LogP) is 1.68. The van der Waals surface area contributed by atoms with Gasteiger partial charge in [-0.2, -0.15) is 0 Å². The number of hydrogen-bond acceptors (Lipinski definition) is 7. The quantitative estimate of drug-likeness (QED) is 0.609. The predicted molar refractivity (Wildman–Crippen MR) is 91.6 cm³/mol. The molecule has 1 saturated heterocycles. The minimum atomic E-state index is -0.438. The Kier molecular flexibility index (Phi) is 4.04. The van der Waals surface area contributed by atoms with E-state index in [4.69, 9.17) is 9.47 Å². The summed E-state index contributed by atoms with van der Waals surface area (Å²) in [6.45, 7) is 2.04. The van der Waals surface area contributed by atoms with Crippen molar-refractivity contribution >= 4 is 17.4 Å². The van der Waals surface area contributed by atoms with Gasteiger partial charge in [0.15, 0.2) is 11.5 Å². The fraction of sp³-hybridized carbons (Fsp3) is 0.294. The largest absolute Gasteiger partial charge is 0.454 e. The smallest absolute Gasteiger partial charge is 0.311 e. The zero-order valence-electron chi connectivity index (χ0n) is 13.8. The monoisotopic (exact) mass is 356 g/mol. The van der Waals surface area contributed by atoms with E-state index in [0.717, 1.165) is 0 Å². The van der Waals surface area contributed by atoms with Crippen molar-refractivity contribution in [1.82, 2.24) is 9.88 Å². The molecule has 1 amide bonds. The molecule has 134 valence electrons. The third-order valence-corrected chi connectivity index (χ3v) is 4.45. The van der Waals surface area contributed by atoms with Crippen molar-refractivity contribution in [2.75, 3.05) is 37.9 Å². The first-order valence-corrected chi connectivity index (χ1v) is 8.17. The highest BCUT2D eigenvalue weighted by Crippen LogP contribution is 2.33. The Morgan fingerprint density at radius 2 is 1.88 bits per heavy atom. The Morgan fingerprint density at radius 1 is 1.12 bits per heavy atom. The Hall–Kier alpha value is -3.36. The van der Waals surface area contributed by atoms with Gasteiger partial charge in [-0.3, -0.25) is 14.9 Å². The molecule has 3 heterocycles. The summed E-state index contributed by atoms with van der Waals surface area (Å²) in [6.07, 6.45) is 1.53. The fourth-order valence-electron chi connectivity index (χ4n) is 3.11. The molecule has 1 aromatic carbocycles. The molecule has 9 heteroatoms. The normalized spacial score (nSPS) is 15.8. The standard InChI is InChI=1S/C17H16N4O5/c22-17(12-3-4-14-15(10-12)26-11-25-14)20-8-6-19(7-9-20)16-13(21(23)24)2-1-5-18-16/h1-5,10H,6-9,11H2. The number of amides is 1. The number of fused-ring (bicyclic) bond motifs is 1. The van der Waals surface area contributed by atoms with Gasteiger partial charge >= 0.3 is 5.69 Å². The van der Waals surface area contributed by atoms with Crippen LogP contribution < -0.4 is 14.4 Å². The molecule has 0 radical (unpaired) electrons. The second-order valence-electron chi connectivity index (χ2n) is 5.95. The summed E-state index contributed by atoms with van der Waals surface area (Å²) in [5.41, 5.74) is 0.509. The number of rotatable bonds is 3. The topological polar surface area (TPSA) is 98.0 Å². The molecule has 0 saturated carbocycles. The summed E-state index contributed by atoms with van der Waals surface area (Å²) in [5.74, 6) is 1.44. The van der Waals surface area contributed by atoms with Crippen molar-refractivity contribution in [3.05, 3.63) is 52.2 Å². The first-order chi connectivity index (χ1) is 12.6. The molecule has 0 spiro atoms. The Balaban J connectivity index is 1.45. The number of nitrogens with zero attached hydrogens (tertiary/aromatic N) is 4. The molecule has 9 nitrogen and oxygen atoms in total. The number of nitro groups is 1. The molecule has 4 rings (SSSR count). The van der Waals surface area contributed by atoms with E-state index in [2.05, 4.69) is 4.98 Å². The maximum absolute atomic E-state index is 12.7. The van der Waals surface area contributed by atoms with E-state index in [1.165, 1.54) is 12.3 Å². The number of hydrogen-bond donors (Lipinski definition) is 0. The molecule has 0 aliphatic carbocycles. The van der Waals surface area contributed by atoms with Crippen molar-refractivity contribution in [2.24, 2.45) is 0 Å². The van der Waals surface area contributed by atoms with E-state index in [1.807, 2.05) is 4.90 Å². The van der Waals surface area contributed by atoms with Crippen LogP contribution in [0.1, 0.15) is 10.4 Å². The second-order valence-corrected chi connectivity index (χ2v) is 5.95. The first-order valence-electron chi connectivity index (χ1n) is 8.17. The van der Waals surface area contributed by atoms with Gasteiger partial charge in [-0.05, 0) is 24.3 Å². The summed E-state index contributed by atoms with van der Waals surface area (Å²) in [6, 6.07) is 8.10. The third-order valence-electron chi connectivity index (χ3n) is 4.45. The van der Waals surface area contributed by atoms with Gasteiger partial charge in [-0.15, -0.1) is 0 Å². The second kappa shape index (κ2) is 6.51. The zero-order valence-corrected chi connectivity index (χ0v) is 13.8. The van der Waals surface area contributed by atoms with Gasteiger partial charge in [0.1, 0.15) is 0 Å². The van der Waals surface area contributed by atoms with Crippen LogP contribution >= 0.6 is 0 Å². The number of ether oxygens (including phenoxy) is 2. The van der Waals surface area contributed by atoms with E-state index in [0.29, 0.717) is 49.1 Å². The Bertz CT molecular complexity index is 864. The molecular weight excluding hydrogens is 340 g/mol. The molecule has 2 aliphatic rings. The molecule has 0 atom stereocenters. The number of pyridine rings is 1. The van der Waals surface area contributed by atoms with Crippen molar-refractivity contribution in [1.29, 1.82) is 0 Å². The van der Waals surface area contributed by atoms with Crippen molar-refractivity contribution < 1.29 is 19.2 Å². The lowest BCUT2D eigenvalue weighted by Crippen LogP contribution is -2.49. The summed E-state index contributed by atoms with van der Waals surface area (Å²) < 4.78 is 10.6. The summed E-state index contributed by atoms with van der Waals surface area (Å²) in [5, 5.41) is 11.2. The van der Waals surface area contributed by atoms with Gasteiger partial charge in [-0.1, -0.05) is 0 Å². The van der Waals surface area contributed by atoms with Crippen molar-refractivity contribution in [3.63, 3.8) is 0 Å². The van der Waals surface area contributed by atoms with Gasteiger partial charge in [0, 0.05) is 44.0 Å². The van der Waals surface area contributed by atoms with Crippen LogP contribution in [0.2, 0.25) is 0 Å². The molecule has 26 heavy (non-hydrogen) atoms. The highest BCUT2D eigenvalue weighted by Gasteiger charge is 2.27. The number of anilines is 1. The summed E-state index contributed by atoms with van der Waals surface area (Å²) >= 11 is 0. The van der Waals surface area contributed by atoms with Gasteiger partial charge in [0.2, 0.25) is 12.6 Å². The number of carbonyl (C=O) groups excluding carboxylic acids is 1. The minimum absolute atomic E-state index is 0.0250. The summed E-state index contributed by atoms with van der Waals surface area (Å²) in [4.78, 5) is 31.1. The SMILES string of the molecule is O=C(c1ccc2c(c1)OCO2)N1CCN(c2ncccc2[N+](=O)[O-])CC1. The van der Waals surface area contributed by atoms with Crippen LogP contribution in [0.25, 0.3) is 0 Å². The number of benzene rings is 1. The van der Waals surface area contributed by atoms with Crippen molar-refractivity contribution in [3.8, 4) is 11.5 Å². The van der Waals surface area contributed by atoms with Crippen LogP contribution in [0.4, 0.5) is 11.5 Å². The summed E-state index contributed by atoms with van der Waals surface area (Å²) in [7, 11) is 0. The third kappa shape index (κ3) is 2.87. The van der Waals surface area contributed by atoms with Crippen molar-refractivity contribution in [2.45, 2.75) is 0 Å². The lowest BCUT2D eigenvalue weighted by atomic mass is 10.1. The average molecular weight is 356 g/mol. The van der Waals surface area contributed by atoms with E-state index >= 15 is 0 Å². The van der Waals surface area contributed by atoms with Crippen LogP contribution in [-0.2, 0) is 0 Å². The molecule has 2 aromatic rings. The maximum atomic E-state index is 12.7. The Morgan fingerprint density at radius 3 is 2.65 bits per heavy atom. The maximum Gasteiger partial charge on any atom is 0.311 e. The number of aromatic nitrogens is 1. The first kappa shape index (κ1) is 16.1. The molecule has 0 unspecified atom stereocenters. The number of piperazine rings is 1. The van der Waals surface area contributed by atoms with Crippen LogP contribution in [0, 0.1) is 10.1 Å². The molecule has 0 N–H and O–H groups in total. The van der Waals surface area contributed by atoms with Crippen LogP contribution in [-0.4, -0.2) is 53.7 Å².